The van der Waals surface area contributed by atoms with Crippen molar-refractivity contribution in [2.75, 3.05) is 0 Å². The molecule has 1 N–H and O–H groups in total. The lowest BCUT2D eigenvalue weighted by atomic mass is 10.0. The molecule has 0 aliphatic rings. The van der Waals surface area contributed by atoms with Crippen LogP contribution in [0.4, 0.5) is 0 Å². The maximum Gasteiger partial charge on any atom is 0.195 e. The van der Waals surface area contributed by atoms with Crippen LogP contribution in [-0.2, 0) is 4.74 Å². The topological polar surface area (TPSA) is 46.5 Å². The van der Waals surface area contributed by atoms with Gasteiger partial charge in [-0.1, -0.05) is 104 Å². The minimum Gasteiger partial charge on any atom is -0.380 e. The molecular weight excluding hydrogens is 384 g/mol. The number of carbonyl (C=O) groups excluding carboxylic acids is 1. The van der Waals surface area contributed by atoms with Gasteiger partial charge in [-0.3, -0.25) is 4.79 Å². The van der Waals surface area contributed by atoms with Gasteiger partial charge in [0, 0.05) is 5.56 Å². The Bertz CT molecular complexity index is 851. The summed E-state index contributed by atoms with van der Waals surface area (Å²) < 4.78 is 5.25. The molecular formula is C28H34O3. The van der Waals surface area contributed by atoms with Crippen LogP contribution in [0.3, 0.4) is 0 Å². The molecule has 0 saturated heterocycles. The molecule has 3 rings (SSSR count). The van der Waals surface area contributed by atoms with Crippen LogP contribution in [-0.4, -0.2) is 23.1 Å². The lowest BCUT2D eigenvalue weighted by Crippen LogP contribution is -2.11. The summed E-state index contributed by atoms with van der Waals surface area (Å²) >= 11 is 0. The predicted octanol–water partition coefficient (Wildman–Crippen LogP) is 6.75. The van der Waals surface area contributed by atoms with Gasteiger partial charge in [0.2, 0.25) is 0 Å². The summed E-state index contributed by atoms with van der Waals surface area (Å²) in [5.41, 5.74) is 2.32. The van der Waals surface area contributed by atoms with E-state index < -0.39 is 6.10 Å². The molecule has 0 fully saturated rings. The molecule has 3 nitrogen and oxygen atoms in total. The van der Waals surface area contributed by atoms with Crippen LogP contribution in [0, 0.1) is 0 Å². The van der Waals surface area contributed by atoms with Gasteiger partial charge in [-0.2, -0.15) is 0 Å². The summed E-state index contributed by atoms with van der Waals surface area (Å²) in [5.74, 6) is -0.271. The molecule has 31 heavy (non-hydrogen) atoms. The highest BCUT2D eigenvalue weighted by Gasteiger charge is 2.18. The van der Waals surface area contributed by atoms with Gasteiger partial charge in [-0.15, -0.1) is 0 Å². The molecule has 0 aliphatic heterocycles. The van der Waals surface area contributed by atoms with Crippen molar-refractivity contribution >= 4 is 11.9 Å². The van der Waals surface area contributed by atoms with Crippen molar-refractivity contribution in [3.63, 3.8) is 0 Å². The highest BCUT2D eigenvalue weighted by Crippen LogP contribution is 2.17. The molecule has 1 unspecified atom stereocenters. The Balaban J connectivity index is 0.000000268. The molecule has 0 amide bonds. The number of aliphatic hydroxyl groups excluding tert-OH is 1. The fourth-order valence-corrected chi connectivity index (χ4v) is 2.68. The third kappa shape index (κ3) is 11.1. The van der Waals surface area contributed by atoms with Crippen LogP contribution in [0.1, 0.15) is 55.3 Å². The zero-order valence-electron chi connectivity index (χ0n) is 18.9. The first kappa shape index (κ1) is 26.0. The third-order valence-corrected chi connectivity index (χ3v) is 4.00. The molecule has 0 spiro atoms. The highest BCUT2D eigenvalue weighted by molar-refractivity contribution is 5.99. The first-order valence-electron chi connectivity index (χ1n) is 10.5. The average Bonchev–Trinajstić information content (AvgIpc) is 2.80. The van der Waals surface area contributed by atoms with Crippen molar-refractivity contribution in [2.45, 2.75) is 46.0 Å². The van der Waals surface area contributed by atoms with Gasteiger partial charge < -0.3 is 9.84 Å². The van der Waals surface area contributed by atoms with Crippen molar-refractivity contribution in [1.29, 1.82) is 0 Å². The van der Waals surface area contributed by atoms with E-state index in [2.05, 4.69) is 6.58 Å². The molecule has 3 aromatic rings. The maximum absolute atomic E-state index is 11.9. The van der Waals surface area contributed by atoms with E-state index in [9.17, 15) is 9.90 Å². The van der Waals surface area contributed by atoms with E-state index >= 15 is 0 Å². The van der Waals surface area contributed by atoms with Crippen LogP contribution < -0.4 is 0 Å². The van der Waals surface area contributed by atoms with Crippen molar-refractivity contribution in [3.05, 3.63) is 114 Å². The summed E-state index contributed by atoms with van der Waals surface area (Å²) in [7, 11) is 0. The Morgan fingerprint density at radius 2 is 1.19 bits per heavy atom. The summed E-state index contributed by atoms with van der Waals surface area (Å²) in [6.45, 7) is 11.8. The lowest BCUT2D eigenvalue weighted by Gasteiger charge is -2.09. The number of aliphatic hydroxyl groups is 1. The first-order valence-corrected chi connectivity index (χ1v) is 10.5. The number of ether oxygens (including phenoxy) is 1. The number of ketones is 1. The van der Waals surface area contributed by atoms with Crippen molar-refractivity contribution in [3.8, 4) is 0 Å². The lowest BCUT2D eigenvalue weighted by molar-refractivity contribution is 0.0300. The molecule has 0 aromatic heterocycles. The van der Waals surface area contributed by atoms with Crippen LogP contribution in [0.25, 0.3) is 6.08 Å². The zero-order valence-corrected chi connectivity index (χ0v) is 18.9. The largest absolute Gasteiger partial charge is 0.380 e. The van der Waals surface area contributed by atoms with Gasteiger partial charge in [0.1, 0.15) is 6.10 Å². The zero-order chi connectivity index (χ0) is 23.1. The molecule has 0 bridgehead atoms. The normalized spacial score (nSPS) is 10.9. The van der Waals surface area contributed by atoms with Crippen LogP contribution in [0.5, 0.6) is 0 Å². The minimum absolute atomic E-state index is 0.271. The smallest absolute Gasteiger partial charge is 0.195 e. The number of benzene rings is 3. The Morgan fingerprint density at radius 3 is 1.55 bits per heavy atom. The Labute approximate surface area is 187 Å². The van der Waals surface area contributed by atoms with Crippen LogP contribution >= 0.6 is 0 Å². The van der Waals surface area contributed by atoms with Gasteiger partial charge in [-0.25, -0.2) is 0 Å². The molecule has 0 radical (unpaired) electrons. The molecule has 0 heterocycles. The van der Waals surface area contributed by atoms with Gasteiger partial charge in [0.15, 0.2) is 5.78 Å². The number of hydrogen-bond acceptors (Lipinski definition) is 3. The predicted molar refractivity (Wildman–Crippen MR) is 130 cm³/mol. The van der Waals surface area contributed by atoms with E-state index in [-0.39, 0.29) is 5.78 Å². The Morgan fingerprint density at radius 1 is 0.774 bits per heavy atom. The van der Waals surface area contributed by atoms with E-state index in [1.807, 2.05) is 76.2 Å². The van der Waals surface area contributed by atoms with Crippen molar-refractivity contribution < 1.29 is 14.6 Å². The van der Waals surface area contributed by atoms with E-state index in [4.69, 9.17) is 4.74 Å². The molecule has 0 aliphatic carbocycles. The number of Topliss-reactive ketones (excluding diaryl/α,β-unsaturated/α-hetero) is 1. The Hall–Kier alpha value is -3.01. The van der Waals surface area contributed by atoms with E-state index in [1.54, 1.807) is 48.5 Å². The third-order valence-electron chi connectivity index (χ3n) is 4.00. The summed E-state index contributed by atoms with van der Waals surface area (Å²) in [4.78, 5) is 11.9. The number of hydrogen-bond donors (Lipinski definition) is 1. The monoisotopic (exact) mass is 418 g/mol. The SMILES string of the molecule is C=Cc1ccccc1.CC(C)OC(C)C.O=C(c1ccccc1)C(O)c1ccccc1. The minimum atomic E-state index is -1.08. The molecule has 1 atom stereocenters. The second kappa shape index (κ2) is 14.9. The van der Waals surface area contributed by atoms with E-state index in [0.717, 1.165) is 0 Å². The summed E-state index contributed by atoms with van der Waals surface area (Å²) in [6.07, 6.45) is 1.50. The first-order chi connectivity index (χ1) is 14.8. The van der Waals surface area contributed by atoms with Gasteiger partial charge in [-0.05, 0) is 38.8 Å². The number of rotatable bonds is 6. The summed E-state index contributed by atoms with van der Waals surface area (Å²) in [5, 5.41) is 9.89. The fourth-order valence-electron chi connectivity index (χ4n) is 2.68. The quantitative estimate of drug-likeness (QED) is 0.450. The molecule has 0 saturated carbocycles. The van der Waals surface area contributed by atoms with Crippen molar-refractivity contribution in [1.82, 2.24) is 0 Å². The number of carbonyl (C=O) groups is 1. The highest BCUT2D eigenvalue weighted by atomic mass is 16.5. The van der Waals surface area contributed by atoms with Gasteiger partial charge in [0.05, 0.1) is 12.2 Å². The second-order valence-electron chi connectivity index (χ2n) is 7.39. The fraction of sp³-hybridized carbons (Fsp3) is 0.250. The van der Waals surface area contributed by atoms with E-state index in [1.165, 1.54) is 5.56 Å². The summed E-state index contributed by atoms with van der Waals surface area (Å²) in [6, 6.07) is 27.8. The maximum atomic E-state index is 11.9. The van der Waals surface area contributed by atoms with Crippen LogP contribution in [0.2, 0.25) is 0 Å². The molecule has 3 heteroatoms. The van der Waals surface area contributed by atoms with Gasteiger partial charge in [0.25, 0.3) is 0 Å². The second-order valence-corrected chi connectivity index (χ2v) is 7.39. The molecule has 164 valence electrons. The van der Waals surface area contributed by atoms with Gasteiger partial charge >= 0.3 is 0 Å². The van der Waals surface area contributed by atoms with Crippen LogP contribution in [0.15, 0.2) is 97.6 Å². The molecule has 3 aromatic carbocycles. The van der Waals surface area contributed by atoms with Crippen molar-refractivity contribution in [2.24, 2.45) is 0 Å². The average molecular weight is 419 g/mol. The van der Waals surface area contributed by atoms with E-state index in [0.29, 0.717) is 23.3 Å². The Kier molecular flexibility index (Phi) is 12.5. The standard InChI is InChI=1S/C14H12O2.C8H8.C6H14O/c15-13(11-7-3-1-4-8-11)14(16)12-9-5-2-6-10-12;1-2-8-6-4-3-5-7-8;1-5(2)7-6(3)4/h1-10,13,15H;2-7H,1H2;5-6H,1-4H3.